The molecule has 0 spiro atoms. The monoisotopic (exact) mass is 1170 g/mol. The number of hydrogen-bond acceptors (Lipinski definition) is 9. The molecule has 2 amide bonds. The third kappa shape index (κ3) is 12.1. The van der Waals surface area contributed by atoms with Crippen molar-refractivity contribution < 1.29 is 45.4 Å². The number of allylic oxidation sites excluding steroid dienone is 2. The number of hydrogen-bond donors (Lipinski definition) is 0. The first-order chi connectivity index (χ1) is 39.9. The van der Waals surface area contributed by atoms with Crippen LogP contribution < -0.4 is 15.0 Å². The predicted molar refractivity (Wildman–Crippen MR) is 302 cm³/mol. The Morgan fingerprint density at radius 2 is 1.24 bits per heavy atom. The second-order valence-electron chi connectivity index (χ2n) is 20.1. The largest absolute Gasteiger partial charge is 0.495 e. The van der Waals surface area contributed by atoms with Crippen LogP contribution in [0.2, 0.25) is 5.02 Å². The van der Waals surface area contributed by atoms with Crippen molar-refractivity contribution in [1.82, 2.24) is 33.5 Å². The normalized spacial score (nSPS) is 15.2. The van der Waals surface area contributed by atoms with Crippen LogP contribution in [0, 0.1) is 48.8 Å². The highest BCUT2D eigenvalue weighted by Gasteiger charge is 2.35. The van der Waals surface area contributed by atoms with Crippen molar-refractivity contribution in [1.29, 1.82) is 0 Å². The topological polar surface area (TPSA) is 129 Å². The molecule has 0 fully saturated rings. The first-order valence-electron chi connectivity index (χ1n) is 26.3. The van der Waals surface area contributed by atoms with Crippen molar-refractivity contribution in [2.75, 3.05) is 27.3 Å². The Labute approximate surface area is 483 Å². The van der Waals surface area contributed by atoms with Gasteiger partial charge in [0.1, 0.15) is 17.3 Å². The number of benzene rings is 5. The average molecular weight is 1170 g/mol. The minimum Gasteiger partial charge on any atom is -0.495 e. The van der Waals surface area contributed by atoms with E-state index in [0.717, 1.165) is 68.6 Å². The fourth-order valence-corrected chi connectivity index (χ4v) is 11.1. The third-order valence-electron chi connectivity index (χ3n) is 14.5. The van der Waals surface area contributed by atoms with Crippen molar-refractivity contribution in [3.05, 3.63) is 246 Å². The number of carbonyl (C=O) groups excluding carboxylic acids is 2. The number of imide groups is 1. The number of amides is 2. The zero-order chi connectivity index (χ0) is 58.8. The lowest BCUT2D eigenvalue weighted by molar-refractivity contribution is 0.0650. The van der Waals surface area contributed by atoms with Gasteiger partial charge >= 0.3 is 0 Å². The second-order valence-corrected chi connectivity index (χ2v) is 21.0. The first-order valence-corrected chi connectivity index (χ1v) is 27.1. The zero-order valence-corrected chi connectivity index (χ0v) is 46.7. The van der Waals surface area contributed by atoms with E-state index in [2.05, 4.69) is 9.97 Å². The average Bonchev–Trinajstić information content (AvgIpc) is 3.69. The third-order valence-corrected chi connectivity index (χ3v) is 14.9. The van der Waals surface area contributed by atoms with E-state index in [0.29, 0.717) is 59.3 Å². The summed E-state index contributed by atoms with van der Waals surface area (Å²) >= 11 is 13.0. The lowest BCUT2D eigenvalue weighted by Crippen LogP contribution is -2.33. The van der Waals surface area contributed by atoms with Gasteiger partial charge in [0.15, 0.2) is 34.9 Å². The van der Waals surface area contributed by atoms with E-state index in [9.17, 15) is 40.7 Å². The lowest BCUT2D eigenvalue weighted by Gasteiger charge is -2.34. The Morgan fingerprint density at radius 1 is 0.687 bits per heavy atom. The summed E-state index contributed by atoms with van der Waals surface area (Å²) in [6.07, 6.45) is 14.3. The van der Waals surface area contributed by atoms with Gasteiger partial charge in [0.25, 0.3) is 17.4 Å². The summed E-state index contributed by atoms with van der Waals surface area (Å²) in [5, 5.41) is 0.655. The molecule has 0 aliphatic carbocycles. The molecule has 8 aromatic rings. The number of nitrogens with zero attached hydrogens (tertiary/aromatic N) is 8. The summed E-state index contributed by atoms with van der Waals surface area (Å²) in [5.74, 6) is -7.35. The van der Waals surface area contributed by atoms with Crippen molar-refractivity contribution in [2.45, 2.75) is 64.5 Å². The van der Waals surface area contributed by atoms with Crippen LogP contribution in [0.15, 0.2) is 155 Å². The summed E-state index contributed by atoms with van der Waals surface area (Å²) < 4.78 is 101. The molecule has 3 aromatic heterocycles. The molecule has 3 aliphatic rings. The van der Waals surface area contributed by atoms with E-state index in [1.165, 1.54) is 23.9 Å². The highest BCUT2D eigenvalue weighted by molar-refractivity contribution is 6.32. The van der Waals surface area contributed by atoms with E-state index in [1.807, 2.05) is 76.7 Å². The number of carbonyl (C=O) groups is 2. The van der Waals surface area contributed by atoms with Crippen LogP contribution >= 0.6 is 23.2 Å². The van der Waals surface area contributed by atoms with Crippen LogP contribution in [0.3, 0.4) is 0 Å². The molecule has 21 heteroatoms. The Balaban J connectivity index is 0.000000192. The van der Waals surface area contributed by atoms with E-state index in [4.69, 9.17) is 37.7 Å². The molecule has 5 aromatic carbocycles. The fraction of sp³-hybridized carbons (Fsp3) is 0.226. The van der Waals surface area contributed by atoms with Crippen LogP contribution in [0.25, 0.3) is 11.4 Å². The number of aryl methyl sites for hydroxylation is 2. The second kappa shape index (κ2) is 24.4. The van der Waals surface area contributed by atoms with Crippen LogP contribution in [0.4, 0.5) is 26.3 Å². The maximum Gasteiger partial charge on any atom is 0.261 e. The molecular formula is C62H52Cl2F6N8O5. The number of pyridine rings is 1. The van der Waals surface area contributed by atoms with Gasteiger partial charge in [-0.05, 0) is 135 Å². The molecule has 0 saturated carbocycles. The number of methoxy groups -OCH3 is 2. The molecule has 6 heterocycles. The Bertz CT molecular complexity index is 3930. The predicted octanol–water partition coefficient (Wildman–Crippen LogP) is 13.1. The summed E-state index contributed by atoms with van der Waals surface area (Å²) in [6.45, 7) is 4.33. The minimum absolute atomic E-state index is 0.0132. The van der Waals surface area contributed by atoms with Crippen LogP contribution in [0.1, 0.15) is 97.7 Å². The fourth-order valence-electron chi connectivity index (χ4n) is 10.6. The molecule has 0 N–H and O–H groups in total. The standard InChI is InChI=1S/C35H28ClF3N4O4.C27H24ClF3N4O/c1-20-17-41(19-40-20)30-10-9-21(13-31(30)47-2)12-23-14-24(36)18-43(33(23)44)29(22-15-27(37)32(39)28(38)16-22)8-5-11-42-34(45)25-6-3-4-7-26(25)35(42)46;1-16-13-34(15-33-16)24-6-5-17(9-25(24)36-2)8-19-10-20(28)14-35-23(4-3-7-32-27(19)35)18-11-21(29)26(31)22(30)12-18/h3-4,6-7,9-10,13-19,29H,5,8,11-12H2,1-2H3;5-6,9-15,23H,3-4,7-8H2,1-2H3. The maximum atomic E-state index is 14.5. The van der Waals surface area contributed by atoms with Crippen LogP contribution in [0.5, 0.6) is 11.5 Å². The Morgan fingerprint density at radius 3 is 1.78 bits per heavy atom. The van der Waals surface area contributed by atoms with Crippen molar-refractivity contribution in [2.24, 2.45) is 4.99 Å². The smallest absolute Gasteiger partial charge is 0.261 e. The van der Waals surface area contributed by atoms with E-state index >= 15 is 0 Å². The number of aliphatic imine (C=N–C) groups is 1. The van der Waals surface area contributed by atoms with E-state index in [1.54, 1.807) is 56.3 Å². The highest BCUT2D eigenvalue weighted by atomic mass is 35.5. The minimum atomic E-state index is -1.64. The molecule has 0 radical (unpaired) electrons. The van der Waals surface area contributed by atoms with Gasteiger partial charge in [-0.3, -0.25) is 24.3 Å². The number of aromatic nitrogens is 5. The van der Waals surface area contributed by atoms with Gasteiger partial charge in [0.2, 0.25) is 0 Å². The number of halogens is 8. The number of ether oxygens (including phenoxy) is 2. The lowest BCUT2D eigenvalue weighted by atomic mass is 9.96. The van der Waals surface area contributed by atoms with Crippen molar-refractivity contribution in [3.8, 4) is 22.9 Å². The quantitative estimate of drug-likeness (QED) is 0.0564. The van der Waals surface area contributed by atoms with Gasteiger partial charge in [-0.1, -0.05) is 47.5 Å². The van der Waals surface area contributed by atoms with E-state index < -0.39 is 64.4 Å². The molecule has 2 atom stereocenters. The van der Waals surface area contributed by atoms with Gasteiger partial charge in [0, 0.05) is 61.9 Å². The molecular weight excluding hydrogens is 1120 g/mol. The molecule has 11 rings (SSSR count). The molecule has 3 aliphatic heterocycles. The number of rotatable bonds is 15. The zero-order valence-electron chi connectivity index (χ0n) is 45.2. The maximum absolute atomic E-state index is 14.5. The molecule has 13 nitrogen and oxygen atoms in total. The van der Waals surface area contributed by atoms with Gasteiger partial charge in [-0.25, -0.2) is 36.3 Å². The molecule has 83 heavy (non-hydrogen) atoms. The number of imidazole rings is 2. The van der Waals surface area contributed by atoms with Crippen LogP contribution in [-0.4, -0.2) is 78.4 Å². The SMILES string of the molecule is COc1cc(CC2=CC(Cl)=CN3C2=NCCCC3c2cc(F)c(F)c(F)c2)ccc1-n1cnc(C)c1.COc1cc(Cc2cc(Cl)cn(C(CCCN3C(=O)c4ccccc4C3=O)c3cc(F)c(F)c(F)c3)c2=O)ccc1-n1cnc(C)c1. The van der Waals surface area contributed by atoms with Crippen molar-refractivity contribution in [3.63, 3.8) is 0 Å². The van der Waals surface area contributed by atoms with Crippen molar-refractivity contribution >= 4 is 40.9 Å². The summed E-state index contributed by atoms with van der Waals surface area (Å²) in [7, 11) is 3.15. The van der Waals surface area contributed by atoms with Gasteiger partial charge < -0.3 is 28.1 Å². The van der Waals surface area contributed by atoms with Gasteiger partial charge in [0.05, 0.1) is 82.9 Å². The Kier molecular flexibility index (Phi) is 16.9. The molecule has 0 bridgehead atoms. The number of amidine groups is 1. The number of fused-ring (bicyclic) bond motifs is 2. The van der Waals surface area contributed by atoms with E-state index in [-0.39, 0.29) is 47.5 Å². The van der Waals surface area contributed by atoms with Gasteiger partial charge in [-0.15, -0.1) is 0 Å². The molecule has 426 valence electrons. The summed E-state index contributed by atoms with van der Waals surface area (Å²) in [5.41, 5.74) is 6.63. The van der Waals surface area contributed by atoms with Crippen LogP contribution in [-0.2, 0) is 12.8 Å². The molecule has 2 unspecified atom stereocenters. The summed E-state index contributed by atoms with van der Waals surface area (Å²) in [6, 6.07) is 21.7. The Hall–Kier alpha value is -8.68. The van der Waals surface area contributed by atoms with Gasteiger partial charge in [-0.2, -0.15) is 0 Å². The molecule has 0 saturated heterocycles. The highest BCUT2D eigenvalue weighted by Crippen LogP contribution is 2.37. The summed E-state index contributed by atoms with van der Waals surface area (Å²) in [4.78, 5) is 56.0. The first kappa shape index (κ1) is 57.6.